The molecule has 1 unspecified atom stereocenters. The first-order valence-corrected chi connectivity index (χ1v) is 11.6. The number of piperidine rings is 3. The van der Waals surface area contributed by atoms with Crippen LogP contribution in [-0.4, -0.2) is 56.6 Å². The Morgan fingerprint density at radius 1 is 0.875 bits per heavy atom. The summed E-state index contributed by atoms with van der Waals surface area (Å²) >= 11 is 0. The van der Waals surface area contributed by atoms with Gasteiger partial charge in [0.15, 0.2) is 11.5 Å². The quantitative estimate of drug-likeness (QED) is 0.790. The number of nitrogens with one attached hydrogen (secondary N) is 1. The van der Waals surface area contributed by atoms with Gasteiger partial charge in [-0.1, -0.05) is 18.2 Å². The fourth-order valence-electron chi connectivity index (χ4n) is 5.30. The molecule has 7 nitrogen and oxygen atoms in total. The Bertz CT molecular complexity index is 1020. The first-order chi connectivity index (χ1) is 15.7. The van der Waals surface area contributed by atoms with E-state index < -0.39 is 0 Å². The lowest BCUT2D eigenvalue weighted by Crippen LogP contribution is -2.52. The molecule has 5 aliphatic heterocycles. The van der Waals surface area contributed by atoms with Crippen LogP contribution in [0.1, 0.15) is 30.9 Å². The number of carbonyl (C=O) groups is 1. The van der Waals surface area contributed by atoms with Crippen molar-refractivity contribution in [3.05, 3.63) is 42.0 Å². The average Bonchev–Trinajstić information content (AvgIpc) is 2.84. The Labute approximate surface area is 187 Å². The monoisotopic (exact) mass is 436 g/mol. The topological polar surface area (TPSA) is 69.3 Å². The van der Waals surface area contributed by atoms with Gasteiger partial charge in [-0.3, -0.25) is 4.90 Å². The molecule has 7 heteroatoms. The summed E-state index contributed by atoms with van der Waals surface area (Å²) in [4.78, 5) is 15.1. The second-order valence-electron chi connectivity index (χ2n) is 9.03. The van der Waals surface area contributed by atoms with Crippen molar-refractivity contribution in [1.29, 1.82) is 0 Å². The standard InChI is InChI=1S/C25H28N2O5/c28-25(32-24-15-27-8-5-16(24)6-9-27)26-20-7-10-29-22-13-17(1-3-19(20)22)18-2-4-21-23(14-18)31-12-11-30-21/h1-4,13-14,16,20,24H,5-12,15H2,(H,26,28)/t20?,24-/m1/s1. The third kappa shape index (κ3) is 3.75. The lowest BCUT2D eigenvalue weighted by Gasteiger charge is -2.44. The highest BCUT2D eigenvalue weighted by molar-refractivity contribution is 5.71. The number of rotatable bonds is 3. The van der Waals surface area contributed by atoms with E-state index in [4.69, 9.17) is 18.9 Å². The molecule has 0 spiro atoms. The summed E-state index contributed by atoms with van der Waals surface area (Å²) < 4.78 is 23.1. The molecule has 2 aromatic carbocycles. The van der Waals surface area contributed by atoms with Gasteiger partial charge in [0.05, 0.1) is 12.6 Å². The highest BCUT2D eigenvalue weighted by Crippen LogP contribution is 2.39. The molecule has 0 radical (unpaired) electrons. The molecule has 3 fully saturated rings. The largest absolute Gasteiger partial charge is 0.493 e. The summed E-state index contributed by atoms with van der Waals surface area (Å²) in [6.45, 7) is 4.82. The van der Waals surface area contributed by atoms with Crippen molar-refractivity contribution in [2.75, 3.05) is 39.5 Å². The third-order valence-corrected chi connectivity index (χ3v) is 7.08. The Morgan fingerprint density at radius 3 is 2.38 bits per heavy atom. The number of nitrogens with zero attached hydrogens (tertiary/aromatic N) is 1. The SMILES string of the molecule is O=C(NC1CCOc2cc(-c3ccc4c(c3)OCCO4)ccc21)O[C@@H]1CN2CCC1CC2. The van der Waals surface area contributed by atoms with Crippen molar-refractivity contribution in [3.8, 4) is 28.4 Å². The van der Waals surface area contributed by atoms with Crippen molar-refractivity contribution < 1.29 is 23.7 Å². The van der Waals surface area contributed by atoms with Crippen molar-refractivity contribution in [3.63, 3.8) is 0 Å². The van der Waals surface area contributed by atoms with Crippen LogP contribution >= 0.6 is 0 Å². The molecule has 2 aromatic rings. The maximum Gasteiger partial charge on any atom is 0.407 e. The van der Waals surface area contributed by atoms with Gasteiger partial charge in [0, 0.05) is 18.5 Å². The Hall–Kier alpha value is -2.93. The zero-order chi connectivity index (χ0) is 21.5. The molecule has 7 rings (SSSR count). The summed E-state index contributed by atoms with van der Waals surface area (Å²) in [5.74, 6) is 2.85. The lowest BCUT2D eigenvalue weighted by molar-refractivity contribution is -0.0342. The molecule has 5 heterocycles. The van der Waals surface area contributed by atoms with E-state index in [2.05, 4.69) is 16.3 Å². The molecule has 1 N–H and O–H groups in total. The van der Waals surface area contributed by atoms with Crippen LogP contribution in [0.25, 0.3) is 11.1 Å². The van der Waals surface area contributed by atoms with Crippen molar-refractivity contribution in [1.82, 2.24) is 10.2 Å². The molecule has 2 atom stereocenters. The van der Waals surface area contributed by atoms with E-state index in [1.54, 1.807) is 0 Å². The fourth-order valence-corrected chi connectivity index (χ4v) is 5.30. The lowest BCUT2D eigenvalue weighted by atomic mass is 9.86. The van der Waals surface area contributed by atoms with Gasteiger partial charge in [-0.05, 0) is 61.2 Å². The number of benzene rings is 2. The number of ether oxygens (including phenoxy) is 4. The summed E-state index contributed by atoms with van der Waals surface area (Å²) in [5, 5.41) is 3.09. The zero-order valence-electron chi connectivity index (χ0n) is 18.0. The zero-order valence-corrected chi connectivity index (χ0v) is 18.0. The van der Waals surface area contributed by atoms with Crippen LogP contribution in [0, 0.1) is 5.92 Å². The van der Waals surface area contributed by atoms with E-state index in [1.807, 2.05) is 30.3 Å². The molecule has 0 aromatic heterocycles. The molecule has 1 amide bonds. The molecule has 0 aliphatic carbocycles. The van der Waals surface area contributed by atoms with Gasteiger partial charge in [-0.25, -0.2) is 4.79 Å². The molecule has 168 valence electrons. The number of carbonyl (C=O) groups excluding carboxylic acids is 1. The van der Waals surface area contributed by atoms with E-state index in [-0.39, 0.29) is 18.2 Å². The van der Waals surface area contributed by atoms with Crippen molar-refractivity contribution in [2.24, 2.45) is 5.92 Å². The van der Waals surface area contributed by atoms with Crippen molar-refractivity contribution in [2.45, 2.75) is 31.4 Å². The van der Waals surface area contributed by atoms with Gasteiger partial charge in [-0.2, -0.15) is 0 Å². The van der Waals surface area contributed by atoms with Crippen LogP contribution in [0.3, 0.4) is 0 Å². The molecule has 5 aliphatic rings. The predicted molar refractivity (Wildman–Crippen MR) is 118 cm³/mol. The molecule has 0 saturated carbocycles. The van der Waals surface area contributed by atoms with Gasteiger partial charge in [-0.15, -0.1) is 0 Å². The smallest absolute Gasteiger partial charge is 0.407 e. The van der Waals surface area contributed by atoms with Crippen LogP contribution in [0.2, 0.25) is 0 Å². The maximum absolute atomic E-state index is 12.7. The van der Waals surface area contributed by atoms with Gasteiger partial charge in [0.2, 0.25) is 0 Å². The average molecular weight is 437 g/mol. The Kier molecular flexibility index (Phi) is 5.06. The minimum atomic E-state index is -0.322. The predicted octanol–water partition coefficient (Wildman–Crippen LogP) is 3.77. The van der Waals surface area contributed by atoms with Crippen LogP contribution < -0.4 is 19.5 Å². The minimum absolute atomic E-state index is 0.00870. The molecular formula is C25H28N2O5. The summed E-state index contributed by atoms with van der Waals surface area (Å²) in [5.41, 5.74) is 3.07. The maximum atomic E-state index is 12.7. The molecular weight excluding hydrogens is 408 g/mol. The minimum Gasteiger partial charge on any atom is -0.493 e. The van der Waals surface area contributed by atoms with Gasteiger partial charge >= 0.3 is 6.09 Å². The van der Waals surface area contributed by atoms with Crippen LogP contribution in [-0.2, 0) is 4.74 Å². The van der Waals surface area contributed by atoms with Crippen LogP contribution in [0.4, 0.5) is 4.79 Å². The number of amides is 1. The summed E-state index contributed by atoms with van der Waals surface area (Å²) in [6.07, 6.45) is 2.67. The van der Waals surface area contributed by atoms with Crippen LogP contribution in [0.5, 0.6) is 17.2 Å². The van der Waals surface area contributed by atoms with Gasteiger partial charge in [0.25, 0.3) is 0 Å². The summed E-state index contributed by atoms with van der Waals surface area (Å²) in [6, 6.07) is 12.0. The van der Waals surface area contributed by atoms with E-state index in [9.17, 15) is 4.79 Å². The Morgan fingerprint density at radius 2 is 1.59 bits per heavy atom. The molecule has 3 saturated heterocycles. The normalized spacial score (nSPS) is 27.8. The number of alkyl carbamates (subject to hydrolysis) is 1. The molecule has 32 heavy (non-hydrogen) atoms. The van der Waals surface area contributed by atoms with E-state index in [0.29, 0.717) is 25.7 Å². The highest BCUT2D eigenvalue weighted by atomic mass is 16.6. The van der Waals surface area contributed by atoms with Crippen molar-refractivity contribution >= 4 is 6.09 Å². The third-order valence-electron chi connectivity index (χ3n) is 7.08. The number of hydrogen-bond acceptors (Lipinski definition) is 6. The highest BCUT2D eigenvalue weighted by Gasteiger charge is 2.37. The van der Waals surface area contributed by atoms with Gasteiger partial charge in [0.1, 0.15) is 25.1 Å². The second-order valence-corrected chi connectivity index (χ2v) is 9.03. The van der Waals surface area contributed by atoms with Gasteiger partial charge < -0.3 is 24.3 Å². The second kappa shape index (κ2) is 8.20. The van der Waals surface area contributed by atoms with E-state index >= 15 is 0 Å². The summed E-state index contributed by atoms with van der Waals surface area (Å²) in [7, 11) is 0. The fraction of sp³-hybridized carbons (Fsp3) is 0.480. The first kappa shape index (κ1) is 19.7. The molecule has 2 bridgehead atoms. The number of hydrogen-bond donors (Lipinski definition) is 1. The Balaban J connectivity index is 1.16. The first-order valence-electron chi connectivity index (χ1n) is 11.6. The van der Waals surface area contributed by atoms with Crippen LogP contribution in [0.15, 0.2) is 36.4 Å². The van der Waals surface area contributed by atoms with E-state index in [1.165, 1.54) is 0 Å². The number of fused-ring (bicyclic) bond motifs is 5. The van der Waals surface area contributed by atoms with E-state index in [0.717, 1.165) is 72.8 Å².